The van der Waals surface area contributed by atoms with Gasteiger partial charge >= 0.3 is 0 Å². The fourth-order valence-corrected chi connectivity index (χ4v) is 8.69. The summed E-state index contributed by atoms with van der Waals surface area (Å²) in [4.78, 5) is 60.0. The van der Waals surface area contributed by atoms with Crippen molar-refractivity contribution >= 4 is 45.5 Å². The minimum absolute atomic E-state index is 0.0592. The number of nitrogens with one attached hydrogen (secondary N) is 2. The lowest BCUT2D eigenvalue weighted by Gasteiger charge is -2.28. The summed E-state index contributed by atoms with van der Waals surface area (Å²) in [6.45, 7) is 11.2. The molecule has 5 fully saturated rings. The van der Waals surface area contributed by atoms with E-state index in [0.717, 1.165) is 37.1 Å². The van der Waals surface area contributed by atoms with E-state index in [1.54, 1.807) is 28.0 Å². The van der Waals surface area contributed by atoms with Gasteiger partial charge < -0.3 is 58.0 Å². The Bertz CT molecular complexity index is 2350. The van der Waals surface area contributed by atoms with Crippen molar-refractivity contribution in [1.29, 1.82) is 0 Å². The lowest BCUT2D eigenvalue weighted by Crippen LogP contribution is -2.40. The molecule has 0 aliphatic carbocycles. The second-order valence-electron chi connectivity index (χ2n) is 15.8. The van der Waals surface area contributed by atoms with Crippen molar-refractivity contribution in [3.05, 3.63) is 91.3 Å². The minimum Gasteiger partial charge on any atom is -0.440 e. The Morgan fingerprint density at radius 1 is 0.567 bits per heavy atom. The van der Waals surface area contributed by atoms with Crippen molar-refractivity contribution in [3.63, 3.8) is 0 Å². The SMILES string of the molecule is O=C(c1cc(C2C=CCN2)c2oc(N3CCOCC3)cc(=O)c2c1)N1CCOCC1.O=C(c1cc(C2CCCN2)c2oc(N3CCOCC3)cc(=O)c2c1)N1CCOCC1. The number of carbonyl (C=O) groups is 2. The highest BCUT2D eigenvalue weighted by Gasteiger charge is 2.28. The van der Waals surface area contributed by atoms with Crippen molar-refractivity contribution < 1.29 is 37.4 Å². The normalized spacial score (nSPS) is 22.3. The van der Waals surface area contributed by atoms with E-state index in [4.69, 9.17) is 27.8 Å². The number of nitrogens with zero attached hydrogens (tertiary/aromatic N) is 4. The molecule has 2 atom stereocenters. The van der Waals surface area contributed by atoms with Gasteiger partial charge in [-0.3, -0.25) is 19.2 Å². The molecule has 2 N–H and O–H groups in total. The Morgan fingerprint density at radius 2 is 1.03 bits per heavy atom. The summed E-state index contributed by atoms with van der Waals surface area (Å²) in [6.07, 6.45) is 6.09. The van der Waals surface area contributed by atoms with Crippen LogP contribution in [0, 0.1) is 0 Å². The van der Waals surface area contributed by atoms with Crippen molar-refractivity contribution in [3.8, 4) is 0 Å². The highest BCUT2D eigenvalue weighted by molar-refractivity contribution is 6.00. The summed E-state index contributed by atoms with van der Waals surface area (Å²) < 4.78 is 34.1. The highest BCUT2D eigenvalue weighted by atomic mass is 16.5. The summed E-state index contributed by atoms with van der Waals surface area (Å²) in [5, 5.41) is 7.77. The molecular formula is C44H52N6O10. The minimum atomic E-state index is -0.141. The van der Waals surface area contributed by atoms with Crippen LogP contribution in [-0.4, -0.2) is 140 Å². The Labute approximate surface area is 346 Å². The van der Waals surface area contributed by atoms with Crippen molar-refractivity contribution in [1.82, 2.24) is 20.4 Å². The van der Waals surface area contributed by atoms with Gasteiger partial charge in [-0.2, -0.15) is 0 Å². The predicted octanol–water partition coefficient (Wildman–Crippen LogP) is 2.83. The van der Waals surface area contributed by atoms with Gasteiger partial charge in [-0.15, -0.1) is 0 Å². The van der Waals surface area contributed by atoms with Crippen molar-refractivity contribution in [2.75, 3.05) is 128 Å². The Balaban J connectivity index is 0.000000154. The van der Waals surface area contributed by atoms with Gasteiger partial charge in [0.15, 0.2) is 22.6 Å². The number of carbonyl (C=O) groups excluding carboxylic acids is 2. The molecule has 4 aromatic rings. The summed E-state index contributed by atoms with van der Waals surface area (Å²) in [6, 6.07) is 10.2. The second-order valence-corrected chi connectivity index (χ2v) is 15.8. The third-order valence-electron chi connectivity index (χ3n) is 12.0. The van der Waals surface area contributed by atoms with E-state index in [1.807, 2.05) is 34.1 Å². The molecule has 2 unspecified atom stereocenters. The van der Waals surface area contributed by atoms with Gasteiger partial charge in [0.2, 0.25) is 0 Å². The summed E-state index contributed by atoms with van der Waals surface area (Å²) in [7, 11) is 0. The van der Waals surface area contributed by atoms with Crippen LogP contribution in [0.4, 0.5) is 11.8 Å². The molecule has 5 saturated heterocycles. The number of rotatable bonds is 6. The van der Waals surface area contributed by atoms with Gasteiger partial charge in [0.1, 0.15) is 11.2 Å². The second kappa shape index (κ2) is 18.3. The first-order valence-electron chi connectivity index (χ1n) is 21.2. The smallest absolute Gasteiger partial charge is 0.254 e. The predicted molar refractivity (Wildman–Crippen MR) is 224 cm³/mol. The number of benzene rings is 2. The molecule has 0 bridgehead atoms. The summed E-state index contributed by atoms with van der Waals surface area (Å²) >= 11 is 0. The molecule has 8 heterocycles. The van der Waals surface area contributed by atoms with E-state index in [9.17, 15) is 19.2 Å². The van der Waals surface area contributed by atoms with Crippen LogP contribution in [0.1, 0.15) is 56.8 Å². The van der Waals surface area contributed by atoms with Crippen LogP contribution in [0.2, 0.25) is 0 Å². The van der Waals surface area contributed by atoms with Crippen LogP contribution in [0.15, 0.2) is 67.0 Å². The number of amides is 2. The molecule has 2 amide bonds. The highest BCUT2D eigenvalue weighted by Crippen LogP contribution is 2.34. The Morgan fingerprint density at radius 3 is 1.48 bits per heavy atom. The molecule has 16 heteroatoms. The zero-order valence-corrected chi connectivity index (χ0v) is 33.8. The molecule has 16 nitrogen and oxygen atoms in total. The average Bonchev–Trinajstić information content (AvgIpc) is 4.06. The largest absolute Gasteiger partial charge is 0.440 e. The van der Waals surface area contributed by atoms with Crippen molar-refractivity contribution in [2.45, 2.75) is 24.9 Å². The summed E-state index contributed by atoms with van der Waals surface area (Å²) in [5.74, 6) is 0.977. The number of anilines is 2. The topological polar surface area (TPSA) is 168 Å². The average molecular weight is 825 g/mol. The molecule has 2 aromatic heterocycles. The third kappa shape index (κ3) is 8.58. The molecule has 0 saturated carbocycles. The maximum Gasteiger partial charge on any atom is 0.254 e. The maximum atomic E-state index is 13.1. The lowest BCUT2D eigenvalue weighted by atomic mass is 9.98. The molecule has 2 aromatic carbocycles. The van der Waals surface area contributed by atoms with Gasteiger partial charge in [0.05, 0.1) is 69.7 Å². The van der Waals surface area contributed by atoms with E-state index >= 15 is 0 Å². The zero-order valence-electron chi connectivity index (χ0n) is 33.8. The van der Waals surface area contributed by atoms with Crippen molar-refractivity contribution in [2.24, 2.45) is 0 Å². The molecule has 6 aliphatic rings. The Hall–Kier alpha value is -5.10. The zero-order chi connectivity index (χ0) is 41.0. The first-order chi connectivity index (χ1) is 29.4. The van der Waals surface area contributed by atoms with Crippen LogP contribution < -0.4 is 31.3 Å². The van der Waals surface area contributed by atoms with E-state index in [2.05, 4.69) is 10.6 Å². The lowest BCUT2D eigenvalue weighted by molar-refractivity contribution is 0.0301. The molecule has 10 rings (SSSR count). The molecular weight excluding hydrogens is 773 g/mol. The van der Waals surface area contributed by atoms with E-state index in [1.165, 1.54) is 6.07 Å². The van der Waals surface area contributed by atoms with Crippen LogP contribution in [0.3, 0.4) is 0 Å². The van der Waals surface area contributed by atoms with Gasteiger partial charge in [0.25, 0.3) is 11.8 Å². The number of morpholine rings is 4. The first-order valence-corrected chi connectivity index (χ1v) is 21.2. The number of hydrogen-bond donors (Lipinski definition) is 2. The number of fused-ring (bicyclic) bond motifs is 2. The molecule has 0 spiro atoms. The fourth-order valence-electron chi connectivity index (χ4n) is 8.69. The standard InChI is InChI=1S/C22H27N3O5.C22H25N3O5/c2*26-19-14-20(24-4-8-28-9-5-24)30-21-16(18-2-1-3-23-18)12-15(13-17(19)21)22(27)25-6-10-29-11-7-25/h12-14,18,23H,1-11H2;1-2,12-14,18,23H,3-11H2. The van der Waals surface area contributed by atoms with Gasteiger partial charge in [-0.1, -0.05) is 12.2 Å². The van der Waals surface area contributed by atoms with E-state index in [0.29, 0.717) is 150 Å². The molecule has 0 radical (unpaired) electrons. The molecule has 6 aliphatic heterocycles. The van der Waals surface area contributed by atoms with Gasteiger partial charge in [-0.05, 0) is 43.7 Å². The van der Waals surface area contributed by atoms with Gasteiger partial charge in [-0.25, -0.2) is 0 Å². The van der Waals surface area contributed by atoms with Gasteiger partial charge in [0, 0.05) is 99.3 Å². The fraction of sp³-hybridized carbons (Fsp3) is 0.500. The van der Waals surface area contributed by atoms with Crippen LogP contribution in [0.5, 0.6) is 0 Å². The first kappa shape index (κ1) is 40.3. The molecule has 60 heavy (non-hydrogen) atoms. The quantitative estimate of drug-likeness (QED) is 0.273. The maximum absolute atomic E-state index is 13.1. The van der Waals surface area contributed by atoms with Crippen LogP contribution >= 0.6 is 0 Å². The molecule has 318 valence electrons. The Kier molecular flexibility index (Phi) is 12.3. The number of hydrogen-bond acceptors (Lipinski definition) is 14. The van der Waals surface area contributed by atoms with Crippen LogP contribution in [-0.2, 0) is 18.9 Å². The van der Waals surface area contributed by atoms with Crippen LogP contribution in [0.25, 0.3) is 21.9 Å². The monoisotopic (exact) mass is 824 g/mol. The number of ether oxygens (including phenoxy) is 4. The van der Waals surface area contributed by atoms with E-state index in [-0.39, 0.29) is 34.8 Å². The third-order valence-corrected chi connectivity index (χ3v) is 12.0. The van der Waals surface area contributed by atoms with E-state index < -0.39 is 0 Å². The summed E-state index contributed by atoms with van der Waals surface area (Å²) in [5.41, 5.74) is 3.62.